The molecule has 1 saturated carbocycles. The van der Waals surface area contributed by atoms with Crippen LogP contribution in [0.1, 0.15) is 25.7 Å². The van der Waals surface area contributed by atoms with Crippen molar-refractivity contribution in [2.45, 2.75) is 31.7 Å². The third kappa shape index (κ3) is 1.78. The standard InChI is InChI=1S/C15H16N4O/c20-10-5-6-12-11(7-10)13-14(16-8-17-15(13)19-12)18-9-3-1-2-4-9/h5-9,20H,1-4H2,(H2,16,17,18,19). The van der Waals surface area contributed by atoms with Gasteiger partial charge < -0.3 is 15.4 Å². The maximum Gasteiger partial charge on any atom is 0.143 e. The van der Waals surface area contributed by atoms with Gasteiger partial charge in [-0.1, -0.05) is 12.8 Å². The number of nitrogens with one attached hydrogen (secondary N) is 2. The van der Waals surface area contributed by atoms with Crippen LogP contribution in [0.4, 0.5) is 5.82 Å². The monoisotopic (exact) mass is 268 g/mol. The Morgan fingerprint density at radius 1 is 1.20 bits per heavy atom. The molecule has 1 aromatic carbocycles. The quantitative estimate of drug-likeness (QED) is 0.667. The SMILES string of the molecule is Oc1ccc2[nH]c3ncnc(NC4CCCC4)c3c2c1. The molecule has 2 heterocycles. The molecular formula is C15H16N4O. The third-order valence-electron chi connectivity index (χ3n) is 4.07. The number of anilines is 1. The summed E-state index contributed by atoms with van der Waals surface area (Å²) < 4.78 is 0. The van der Waals surface area contributed by atoms with Crippen molar-refractivity contribution in [2.75, 3.05) is 5.32 Å². The van der Waals surface area contributed by atoms with Gasteiger partial charge in [-0.2, -0.15) is 0 Å². The van der Waals surface area contributed by atoms with Gasteiger partial charge in [-0.3, -0.25) is 0 Å². The fourth-order valence-corrected chi connectivity index (χ4v) is 3.08. The van der Waals surface area contributed by atoms with E-state index in [-0.39, 0.29) is 5.75 Å². The average Bonchev–Trinajstić information content (AvgIpc) is 3.06. The number of aromatic hydroxyl groups is 1. The first-order valence-electron chi connectivity index (χ1n) is 7.03. The Kier molecular flexibility index (Phi) is 2.52. The zero-order valence-corrected chi connectivity index (χ0v) is 11.1. The Balaban J connectivity index is 1.90. The fraction of sp³-hybridized carbons (Fsp3) is 0.333. The largest absolute Gasteiger partial charge is 0.508 e. The Morgan fingerprint density at radius 3 is 2.90 bits per heavy atom. The van der Waals surface area contributed by atoms with Gasteiger partial charge in [0.25, 0.3) is 0 Å². The fourth-order valence-electron chi connectivity index (χ4n) is 3.08. The predicted octanol–water partition coefficient (Wildman–Crippen LogP) is 3.17. The molecule has 1 aliphatic rings. The van der Waals surface area contributed by atoms with Crippen LogP contribution < -0.4 is 5.32 Å². The van der Waals surface area contributed by atoms with Gasteiger partial charge >= 0.3 is 0 Å². The highest BCUT2D eigenvalue weighted by Crippen LogP contribution is 2.32. The van der Waals surface area contributed by atoms with Crippen LogP contribution in [0.15, 0.2) is 24.5 Å². The number of H-pyrrole nitrogens is 1. The second kappa shape index (κ2) is 4.37. The number of benzene rings is 1. The molecule has 2 aromatic heterocycles. The van der Waals surface area contributed by atoms with Crippen molar-refractivity contribution in [1.29, 1.82) is 0 Å². The molecule has 0 aliphatic heterocycles. The number of rotatable bonds is 2. The molecule has 5 heteroatoms. The topological polar surface area (TPSA) is 73.8 Å². The molecule has 0 atom stereocenters. The van der Waals surface area contributed by atoms with E-state index in [1.165, 1.54) is 25.7 Å². The van der Waals surface area contributed by atoms with Crippen molar-refractivity contribution in [2.24, 2.45) is 0 Å². The summed E-state index contributed by atoms with van der Waals surface area (Å²) in [5.74, 6) is 1.12. The molecule has 1 aliphatic carbocycles. The molecule has 5 nitrogen and oxygen atoms in total. The van der Waals surface area contributed by atoms with Crippen molar-refractivity contribution in [3.8, 4) is 5.75 Å². The number of aromatic nitrogens is 3. The maximum absolute atomic E-state index is 9.71. The molecule has 3 aromatic rings. The number of fused-ring (bicyclic) bond motifs is 3. The van der Waals surface area contributed by atoms with E-state index >= 15 is 0 Å². The molecule has 1 fully saturated rings. The highest BCUT2D eigenvalue weighted by molar-refractivity contribution is 6.11. The van der Waals surface area contributed by atoms with E-state index in [2.05, 4.69) is 20.3 Å². The van der Waals surface area contributed by atoms with Gasteiger partial charge in [0.05, 0.1) is 5.39 Å². The minimum atomic E-state index is 0.258. The average molecular weight is 268 g/mol. The van der Waals surface area contributed by atoms with Crippen LogP contribution in [0.2, 0.25) is 0 Å². The number of hydrogen-bond donors (Lipinski definition) is 3. The van der Waals surface area contributed by atoms with Crippen LogP contribution in [-0.4, -0.2) is 26.1 Å². The molecule has 102 valence electrons. The lowest BCUT2D eigenvalue weighted by molar-refractivity contribution is 0.476. The van der Waals surface area contributed by atoms with Crippen molar-refractivity contribution < 1.29 is 5.11 Å². The number of phenolic OH excluding ortho intramolecular Hbond substituents is 1. The van der Waals surface area contributed by atoms with Crippen molar-refractivity contribution in [3.63, 3.8) is 0 Å². The van der Waals surface area contributed by atoms with Crippen LogP contribution in [-0.2, 0) is 0 Å². The van der Waals surface area contributed by atoms with Crippen LogP contribution in [0.3, 0.4) is 0 Å². The van der Waals surface area contributed by atoms with Crippen LogP contribution >= 0.6 is 0 Å². The summed E-state index contributed by atoms with van der Waals surface area (Å²) in [6.07, 6.45) is 6.52. The first-order valence-corrected chi connectivity index (χ1v) is 7.03. The minimum Gasteiger partial charge on any atom is -0.508 e. The first-order chi connectivity index (χ1) is 9.81. The van der Waals surface area contributed by atoms with Gasteiger partial charge in [-0.15, -0.1) is 0 Å². The Bertz CT molecular complexity index is 774. The van der Waals surface area contributed by atoms with E-state index in [0.717, 1.165) is 27.8 Å². The van der Waals surface area contributed by atoms with Crippen LogP contribution in [0, 0.1) is 0 Å². The number of nitrogens with zero attached hydrogens (tertiary/aromatic N) is 2. The van der Waals surface area contributed by atoms with Gasteiger partial charge in [-0.05, 0) is 31.0 Å². The molecular weight excluding hydrogens is 252 g/mol. The van der Waals surface area contributed by atoms with Gasteiger partial charge in [0, 0.05) is 16.9 Å². The highest BCUT2D eigenvalue weighted by atomic mass is 16.3. The molecule has 0 amide bonds. The summed E-state index contributed by atoms with van der Waals surface area (Å²) in [4.78, 5) is 12.0. The van der Waals surface area contributed by atoms with Crippen molar-refractivity contribution >= 4 is 27.8 Å². The number of phenols is 1. The molecule has 0 unspecified atom stereocenters. The lowest BCUT2D eigenvalue weighted by Crippen LogP contribution is -2.15. The smallest absolute Gasteiger partial charge is 0.143 e. The van der Waals surface area contributed by atoms with Crippen LogP contribution in [0.5, 0.6) is 5.75 Å². The maximum atomic E-state index is 9.71. The predicted molar refractivity (Wildman–Crippen MR) is 78.9 cm³/mol. The summed E-state index contributed by atoms with van der Waals surface area (Å²) in [5, 5.41) is 15.2. The van der Waals surface area contributed by atoms with Gasteiger partial charge in [0.1, 0.15) is 23.5 Å². The first kappa shape index (κ1) is 11.5. The van der Waals surface area contributed by atoms with Crippen molar-refractivity contribution in [1.82, 2.24) is 15.0 Å². The minimum absolute atomic E-state index is 0.258. The molecule has 0 saturated heterocycles. The number of hydrogen-bond acceptors (Lipinski definition) is 4. The van der Waals surface area contributed by atoms with E-state index in [1.54, 1.807) is 18.5 Å². The molecule has 0 spiro atoms. The third-order valence-corrected chi connectivity index (χ3v) is 4.07. The van der Waals surface area contributed by atoms with E-state index in [0.29, 0.717) is 6.04 Å². The van der Waals surface area contributed by atoms with Crippen LogP contribution in [0.25, 0.3) is 21.9 Å². The Labute approximate surface area is 116 Å². The molecule has 20 heavy (non-hydrogen) atoms. The zero-order chi connectivity index (χ0) is 13.5. The second-order valence-corrected chi connectivity index (χ2v) is 5.43. The zero-order valence-electron chi connectivity index (χ0n) is 11.1. The Hall–Kier alpha value is -2.30. The molecule has 4 rings (SSSR count). The summed E-state index contributed by atoms with van der Waals surface area (Å²) in [5.41, 5.74) is 1.77. The summed E-state index contributed by atoms with van der Waals surface area (Å²) in [7, 11) is 0. The Morgan fingerprint density at radius 2 is 2.05 bits per heavy atom. The van der Waals surface area contributed by atoms with Gasteiger partial charge in [-0.25, -0.2) is 9.97 Å². The normalized spacial score (nSPS) is 16.2. The molecule has 3 N–H and O–H groups in total. The van der Waals surface area contributed by atoms with E-state index in [9.17, 15) is 5.11 Å². The molecule has 0 bridgehead atoms. The van der Waals surface area contributed by atoms with Crippen molar-refractivity contribution in [3.05, 3.63) is 24.5 Å². The summed E-state index contributed by atoms with van der Waals surface area (Å²) >= 11 is 0. The van der Waals surface area contributed by atoms with Gasteiger partial charge in [0.15, 0.2) is 0 Å². The van der Waals surface area contributed by atoms with E-state index in [4.69, 9.17) is 0 Å². The second-order valence-electron chi connectivity index (χ2n) is 5.43. The highest BCUT2D eigenvalue weighted by Gasteiger charge is 2.18. The number of aromatic amines is 1. The molecule has 0 radical (unpaired) electrons. The summed E-state index contributed by atoms with van der Waals surface area (Å²) in [6.45, 7) is 0. The van der Waals surface area contributed by atoms with Gasteiger partial charge in [0.2, 0.25) is 0 Å². The lowest BCUT2D eigenvalue weighted by atomic mass is 10.2. The summed E-state index contributed by atoms with van der Waals surface area (Å²) in [6, 6.07) is 5.80. The lowest BCUT2D eigenvalue weighted by Gasteiger charge is -2.13. The van der Waals surface area contributed by atoms with E-state index in [1.807, 2.05) is 6.07 Å². The van der Waals surface area contributed by atoms with E-state index < -0.39 is 0 Å².